The summed E-state index contributed by atoms with van der Waals surface area (Å²) in [7, 11) is -3.61. The molecule has 1 aromatic rings. The number of hydrogen-bond donors (Lipinski definition) is 0. The van der Waals surface area contributed by atoms with E-state index in [9.17, 15) is 18.5 Å². The van der Waals surface area contributed by atoms with Crippen molar-refractivity contribution in [1.29, 1.82) is 0 Å². The Hall–Kier alpha value is -1.65. The van der Waals surface area contributed by atoms with Crippen molar-refractivity contribution in [2.45, 2.75) is 11.3 Å². The molecule has 0 aliphatic carbocycles. The summed E-state index contributed by atoms with van der Waals surface area (Å²) in [6, 6.07) is 3.35. The van der Waals surface area contributed by atoms with Gasteiger partial charge in [0.1, 0.15) is 5.02 Å². The van der Waals surface area contributed by atoms with E-state index in [-0.39, 0.29) is 28.6 Å². The van der Waals surface area contributed by atoms with Crippen molar-refractivity contribution in [2.24, 2.45) is 0 Å². The molecular weight excluding hydrogens is 280 g/mol. The number of rotatable bonds is 5. The Bertz CT molecular complexity index is 607. The fraction of sp³-hybridized carbons (Fsp3) is 0.300. The minimum atomic E-state index is -3.61. The van der Waals surface area contributed by atoms with Crippen molar-refractivity contribution in [1.82, 2.24) is 0 Å². The summed E-state index contributed by atoms with van der Waals surface area (Å²) in [5.74, 6) is -0.214. The summed E-state index contributed by atoms with van der Waals surface area (Å²) in [5.41, 5.74) is -0.442. The maximum absolute atomic E-state index is 11.8. The van der Waals surface area contributed by atoms with Crippen LogP contribution in [0.4, 0.5) is 5.69 Å². The lowest BCUT2D eigenvalue weighted by Crippen LogP contribution is -2.08. The maximum atomic E-state index is 11.8. The summed E-state index contributed by atoms with van der Waals surface area (Å²) in [6.07, 6.45) is 0.197. The lowest BCUT2D eigenvalue weighted by atomic mass is 10.3. The summed E-state index contributed by atoms with van der Waals surface area (Å²) in [4.78, 5) is 12.8. The SMILES string of the molecule is [C-]#[N+]CCCS(=O)(=O)c1ccc(Cl)c([N+](=O)[O-])c1. The second-order valence-corrected chi connectivity index (χ2v) is 5.94. The fourth-order valence-corrected chi connectivity index (χ4v) is 2.78. The third-order valence-corrected chi connectivity index (χ3v) is 4.27. The first-order valence-corrected chi connectivity index (χ1v) is 6.91. The number of nitro benzene ring substituents is 1. The van der Waals surface area contributed by atoms with Crippen molar-refractivity contribution in [3.8, 4) is 0 Å². The molecule has 0 heterocycles. The van der Waals surface area contributed by atoms with Crippen LogP contribution < -0.4 is 0 Å². The molecule has 0 N–H and O–H groups in total. The molecule has 0 unspecified atom stereocenters. The molecule has 0 aromatic heterocycles. The summed E-state index contributed by atoms with van der Waals surface area (Å²) < 4.78 is 23.6. The van der Waals surface area contributed by atoms with Crippen LogP contribution in [0, 0.1) is 16.7 Å². The average Bonchev–Trinajstić information content (AvgIpc) is 2.29. The smallest absolute Gasteiger partial charge is 0.289 e. The van der Waals surface area contributed by atoms with Crippen molar-refractivity contribution in [3.05, 3.63) is 44.8 Å². The minimum absolute atomic E-state index is 0.106. The van der Waals surface area contributed by atoms with Gasteiger partial charge in [-0.3, -0.25) is 10.1 Å². The van der Waals surface area contributed by atoms with Crippen LogP contribution in [0.25, 0.3) is 4.85 Å². The molecule has 96 valence electrons. The van der Waals surface area contributed by atoms with Gasteiger partial charge in [-0.15, -0.1) is 0 Å². The van der Waals surface area contributed by atoms with E-state index in [0.29, 0.717) is 0 Å². The zero-order valence-electron chi connectivity index (χ0n) is 9.17. The Kier molecular flexibility index (Phi) is 4.64. The molecule has 0 aliphatic heterocycles. The third kappa shape index (κ3) is 3.42. The van der Waals surface area contributed by atoms with Gasteiger partial charge in [-0.05, 0) is 12.1 Å². The molecule has 0 saturated heterocycles. The monoisotopic (exact) mass is 288 g/mol. The van der Waals surface area contributed by atoms with Crippen LogP contribution in [0.3, 0.4) is 0 Å². The molecule has 0 fully saturated rings. The number of nitrogens with zero attached hydrogens (tertiary/aromatic N) is 2. The van der Waals surface area contributed by atoms with Crippen LogP contribution in [-0.2, 0) is 9.84 Å². The van der Waals surface area contributed by atoms with Crippen LogP contribution in [0.15, 0.2) is 23.1 Å². The molecule has 0 saturated carbocycles. The topological polar surface area (TPSA) is 81.6 Å². The van der Waals surface area contributed by atoms with Gasteiger partial charge in [0.25, 0.3) is 5.69 Å². The number of hydrogen-bond acceptors (Lipinski definition) is 4. The van der Waals surface area contributed by atoms with Gasteiger partial charge in [0, 0.05) is 12.5 Å². The lowest BCUT2D eigenvalue weighted by Gasteiger charge is -2.03. The first-order valence-electron chi connectivity index (χ1n) is 4.88. The van der Waals surface area contributed by atoms with Crippen molar-refractivity contribution < 1.29 is 13.3 Å². The predicted molar refractivity (Wildman–Crippen MR) is 66.2 cm³/mol. The highest BCUT2D eigenvalue weighted by Crippen LogP contribution is 2.27. The van der Waals surface area contributed by atoms with Gasteiger partial charge in [0.2, 0.25) is 6.54 Å². The minimum Gasteiger partial charge on any atom is -0.317 e. The fourth-order valence-electron chi connectivity index (χ4n) is 1.28. The Morgan fingerprint density at radius 2 is 2.11 bits per heavy atom. The average molecular weight is 289 g/mol. The molecule has 6 nitrogen and oxygen atoms in total. The van der Waals surface area contributed by atoms with Gasteiger partial charge in [-0.1, -0.05) is 11.6 Å². The van der Waals surface area contributed by atoms with Crippen LogP contribution in [0.2, 0.25) is 5.02 Å². The first kappa shape index (κ1) is 14.4. The van der Waals surface area contributed by atoms with Gasteiger partial charge >= 0.3 is 0 Å². The van der Waals surface area contributed by atoms with E-state index < -0.39 is 20.4 Å². The lowest BCUT2D eigenvalue weighted by molar-refractivity contribution is -0.384. The van der Waals surface area contributed by atoms with Gasteiger partial charge in [0.05, 0.1) is 15.6 Å². The predicted octanol–water partition coefficient (Wildman–Crippen LogP) is 2.33. The normalized spacial score (nSPS) is 10.9. The number of halogens is 1. The van der Waals surface area contributed by atoms with E-state index in [2.05, 4.69) is 4.85 Å². The third-order valence-electron chi connectivity index (χ3n) is 2.16. The quantitative estimate of drug-likeness (QED) is 0.360. The van der Waals surface area contributed by atoms with Crippen LogP contribution in [0.5, 0.6) is 0 Å². The van der Waals surface area contributed by atoms with Crippen LogP contribution in [0.1, 0.15) is 6.42 Å². The molecule has 1 aromatic carbocycles. The largest absolute Gasteiger partial charge is 0.317 e. The molecule has 18 heavy (non-hydrogen) atoms. The second-order valence-electron chi connectivity index (χ2n) is 3.42. The van der Waals surface area contributed by atoms with Gasteiger partial charge in [-0.25, -0.2) is 15.0 Å². The van der Waals surface area contributed by atoms with Crippen molar-refractivity contribution >= 4 is 27.1 Å². The first-order chi connectivity index (χ1) is 8.38. The molecule has 0 bridgehead atoms. The van der Waals surface area contributed by atoms with Gasteiger partial charge in [-0.2, -0.15) is 0 Å². The number of sulfone groups is 1. The standard InChI is InChI=1S/C10H9ClN2O4S/c1-12-5-2-6-18(16,17)8-3-4-9(11)10(7-8)13(14)15/h3-4,7H,2,5-6H2. The van der Waals surface area contributed by atoms with Crippen LogP contribution in [-0.4, -0.2) is 25.6 Å². The highest BCUT2D eigenvalue weighted by atomic mass is 35.5. The van der Waals surface area contributed by atoms with E-state index in [1.165, 1.54) is 12.1 Å². The summed E-state index contributed by atoms with van der Waals surface area (Å²) in [6.45, 7) is 6.66. The molecule has 0 aliphatic rings. The second kappa shape index (κ2) is 5.80. The molecule has 0 spiro atoms. The van der Waals surface area contributed by atoms with E-state index in [4.69, 9.17) is 18.2 Å². The molecule has 1 rings (SSSR count). The summed E-state index contributed by atoms with van der Waals surface area (Å²) >= 11 is 5.59. The number of nitro groups is 1. The Balaban J connectivity index is 3.07. The number of benzene rings is 1. The van der Waals surface area contributed by atoms with Crippen LogP contribution >= 0.6 is 11.6 Å². The molecule has 0 atom stereocenters. The molecular formula is C10H9ClN2O4S. The van der Waals surface area contributed by atoms with E-state index in [1.807, 2.05) is 0 Å². The van der Waals surface area contributed by atoms with Crippen molar-refractivity contribution in [3.63, 3.8) is 0 Å². The Labute approximate surface area is 109 Å². The maximum Gasteiger partial charge on any atom is 0.289 e. The van der Waals surface area contributed by atoms with Gasteiger partial charge in [0.15, 0.2) is 9.84 Å². The van der Waals surface area contributed by atoms with E-state index >= 15 is 0 Å². The Morgan fingerprint density at radius 1 is 1.44 bits per heavy atom. The van der Waals surface area contributed by atoms with Gasteiger partial charge < -0.3 is 4.85 Å². The highest BCUT2D eigenvalue weighted by molar-refractivity contribution is 7.91. The molecule has 0 radical (unpaired) electrons. The zero-order valence-corrected chi connectivity index (χ0v) is 10.7. The zero-order chi connectivity index (χ0) is 13.8. The van der Waals surface area contributed by atoms with E-state index in [0.717, 1.165) is 6.07 Å². The molecule has 0 amide bonds. The highest BCUT2D eigenvalue weighted by Gasteiger charge is 2.20. The van der Waals surface area contributed by atoms with Crippen molar-refractivity contribution in [2.75, 3.05) is 12.3 Å². The van der Waals surface area contributed by atoms with E-state index in [1.54, 1.807) is 0 Å². The molecule has 8 heteroatoms. The Morgan fingerprint density at radius 3 is 2.67 bits per heavy atom. The summed E-state index contributed by atoms with van der Waals surface area (Å²) in [5, 5.41) is 10.5.